The molecule has 4 nitrogen and oxygen atoms in total. The molecule has 2 N–H and O–H groups in total. The van der Waals surface area contributed by atoms with Crippen LogP contribution in [0.5, 0.6) is 17.2 Å². The lowest BCUT2D eigenvalue weighted by Gasteiger charge is -2.07. The molecular weight excluding hydrogens is 302 g/mol. The highest BCUT2D eigenvalue weighted by atomic mass is 16.5. The van der Waals surface area contributed by atoms with Gasteiger partial charge in [0.2, 0.25) is 0 Å². The average Bonchev–Trinajstić information content (AvgIpc) is 2.64. The normalized spacial score (nSPS) is 10.2. The minimum Gasteiger partial charge on any atom is -0.497 e. The van der Waals surface area contributed by atoms with Crippen LogP contribution >= 0.6 is 0 Å². The Kier molecular flexibility index (Phi) is 4.47. The van der Waals surface area contributed by atoms with Crippen molar-refractivity contribution in [2.75, 3.05) is 12.8 Å². The minimum absolute atomic E-state index is 0.0447. The van der Waals surface area contributed by atoms with Crippen molar-refractivity contribution in [2.24, 2.45) is 0 Å². The third-order valence-corrected chi connectivity index (χ3v) is 3.58. The van der Waals surface area contributed by atoms with Crippen LogP contribution in [0.1, 0.15) is 15.9 Å². The van der Waals surface area contributed by atoms with Gasteiger partial charge in [-0.2, -0.15) is 0 Å². The van der Waals surface area contributed by atoms with E-state index >= 15 is 0 Å². The zero-order valence-corrected chi connectivity index (χ0v) is 13.2. The van der Waals surface area contributed by atoms with Crippen LogP contribution in [0.25, 0.3) is 0 Å². The second-order valence-electron chi connectivity index (χ2n) is 5.25. The maximum absolute atomic E-state index is 12.5. The predicted octanol–water partition coefficient (Wildman–Crippen LogP) is 4.30. The number of ketones is 1. The van der Waals surface area contributed by atoms with Gasteiger partial charge < -0.3 is 15.2 Å². The van der Waals surface area contributed by atoms with Gasteiger partial charge in [0.05, 0.1) is 7.11 Å². The molecule has 0 saturated heterocycles. The Labute approximate surface area is 140 Å². The van der Waals surface area contributed by atoms with Crippen molar-refractivity contribution in [1.82, 2.24) is 0 Å². The summed E-state index contributed by atoms with van der Waals surface area (Å²) in [6, 6.07) is 21.2. The van der Waals surface area contributed by atoms with Crippen molar-refractivity contribution < 1.29 is 14.3 Å². The van der Waals surface area contributed by atoms with Crippen molar-refractivity contribution in [1.29, 1.82) is 0 Å². The molecule has 0 aliphatic carbocycles. The molecule has 0 unspecified atom stereocenters. The van der Waals surface area contributed by atoms with E-state index < -0.39 is 0 Å². The lowest BCUT2D eigenvalue weighted by molar-refractivity contribution is 0.103. The number of carbonyl (C=O) groups is 1. The van der Waals surface area contributed by atoms with Crippen LogP contribution in [0.4, 0.5) is 5.69 Å². The summed E-state index contributed by atoms with van der Waals surface area (Å²) in [4.78, 5) is 12.5. The molecule has 0 saturated carbocycles. The standard InChI is InChI=1S/C20H17NO3/c1-23-17-8-2-14(3-9-17)20(22)15-4-10-18(11-5-15)24-19-12-6-16(21)7-13-19/h2-13H,21H2,1H3. The van der Waals surface area contributed by atoms with Crippen molar-refractivity contribution in [3.05, 3.63) is 83.9 Å². The van der Waals surface area contributed by atoms with Crippen LogP contribution in [0, 0.1) is 0 Å². The first-order valence-electron chi connectivity index (χ1n) is 7.48. The van der Waals surface area contributed by atoms with Gasteiger partial charge in [-0.05, 0) is 72.8 Å². The van der Waals surface area contributed by atoms with Crippen LogP contribution in [0.3, 0.4) is 0 Å². The molecule has 0 amide bonds. The Morgan fingerprint density at radius 3 is 1.58 bits per heavy atom. The fourth-order valence-corrected chi connectivity index (χ4v) is 2.26. The van der Waals surface area contributed by atoms with E-state index in [0.29, 0.717) is 28.3 Å². The smallest absolute Gasteiger partial charge is 0.193 e. The molecule has 0 heterocycles. The molecule has 0 radical (unpaired) electrons. The number of methoxy groups -OCH3 is 1. The summed E-state index contributed by atoms with van der Waals surface area (Å²) in [6.07, 6.45) is 0. The van der Waals surface area contributed by atoms with E-state index in [9.17, 15) is 4.79 Å². The molecule has 0 atom stereocenters. The summed E-state index contributed by atoms with van der Waals surface area (Å²) in [6.45, 7) is 0. The summed E-state index contributed by atoms with van der Waals surface area (Å²) >= 11 is 0. The molecule has 4 heteroatoms. The molecule has 0 bridgehead atoms. The molecular formula is C20H17NO3. The zero-order chi connectivity index (χ0) is 16.9. The molecule has 3 rings (SSSR count). The summed E-state index contributed by atoms with van der Waals surface area (Å²) in [5, 5.41) is 0. The maximum Gasteiger partial charge on any atom is 0.193 e. The van der Waals surface area contributed by atoms with Gasteiger partial charge in [-0.1, -0.05) is 0 Å². The second kappa shape index (κ2) is 6.87. The first-order chi connectivity index (χ1) is 11.7. The van der Waals surface area contributed by atoms with E-state index in [2.05, 4.69) is 0 Å². The van der Waals surface area contributed by atoms with Gasteiger partial charge >= 0.3 is 0 Å². The van der Waals surface area contributed by atoms with E-state index in [0.717, 1.165) is 5.75 Å². The summed E-state index contributed by atoms with van der Waals surface area (Å²) in [5.74, 6) is 2.03. The predicted molar refractivity (Wildman–Crippen MR) is 93.8 cm³/mol. The molecule has 120 valence electrons. The topological polar surface area (TPSA) is 61.5 Å². The molecule has 3 aromatic carbocycles. The van der Waals surface area contributed by atoms with Crippen molar-refractivity contribution >= 4 is 11.5 Å². The Bertz CT molecular complexity index is 822. The van der Waals surface area contributed by atoms with Gasteiger partial charge in [-0.25, -0.2) is 0 Å². The van der Waals surface area contributed by atoms with Gasteiger partial charge in [0.15, 0.2) is 5.78 Å². The summed E-state index contributed by atoms with van der Waals surface area (Å²) < 4.78 is 10.8. The average molecular weight is 319 g/mol. The molecule has 0 aromatic heterocycles. The van der Waals surface area contributed by atoms with Gasteiger partial charge in [0.1, 0.15) is 17.2 Å². The fourth-order valence-electron chi connectivity index (χ4n) is 2.26. The molecule has 0 aliphatic heterocycles. The van der Waals surface area contributed by atoms with Gasteiger partial charge in [-0.3, -0.25) is 4.79 Å². The lowest BCUT2D eigenvalue weighted by Crippen LogP contribution is -2.01. The number of rotatable bonds is 5. The Morgan fingerprint density at radius 1 is 0.708 bits per heavy atom. The van der Waals surface area contributed by atoms with E-state index in [1.165, 1.54) is 0 Å². The Balaban J connectivity index is 1.73. The monoisotopic (exact) mass is 319 g/mol. The van der Waals surface area contributed by atoms with E-state index in [1.807, 2.05) is 0 Å². The number of nitrogens with two attached hydrogens (primary N) is 1. The Morgan fingerprint density at radius 2 is 1.12 bits per heavy atom. The van der Waals surface area contributed by atoms with Gasteiger partial charge in [0.25, 0.3) is 0 Å². The largest absolute Gasteiger partial charge is 0.497 e. The first-order valence-corrected chi connectivity index (χ1v) is 7.48. The molecule has 0 aliphatic rings. The lowest BCUT2D eigenvalue weighted by atomic mass is 10.0. The molecule has 0 spiro atoms. The van der Waals surface area contributed by atoms with Gasteiger partial charge in [0, 0.05) is 16.8 Å². The third-order valence-electron chi connectivity index (χ3n) is 3.58. The van der Waals surface area contributed by atoms with Crippen LogP contribution in [-0.4, -0.2) is 12.9 Å². The number of benzene rings is 3. The fraction of sp³-hybridized carbons (Fsp3) is 0.0500. The number of hydrogen-bond donors (Lipinski definition) is 1. The van der Waals surface area contributed by atoms with E-state index in [4.69, 9.17) is 15.2 Å². The minimum atomic E-state index is -0.0447. The highest BCUT2D eigenvalue weighted by Gasteiger charge is 2.09. The van der Waals surface area contributed by atoms with Crippen molar-refractivity contribution in [3.63, 3.8) is 0 Å². The number of carbonyl (C=O) groups excluding carboxylic acids is 1. The number of hydrogen-bond acceptors (Lipinski definition) is 4. The number of anilines is 1. The highest BCUT2D eigenvalue weighted by Crippen LogP contribution is 2.23. The van der Waals surface area contributed by atoms with Crippen LogP contribution < -0.4 is 15.2 Å². The van der Waals surface area contributed by atoms with Crippen LogP contribution in [-0.2, 0) is 0 Å². The number of nitrogen functional groups attached to an aromatic ring is 1. The summed E-state index contributed by atoms with van der Waals surface area (Å²) in [5.41, 5.74) is 7.54. The van der Waals surface area contributed by atoms with Crippen molar-refractivity contribution in [2.45, 2.75) is 0 Å². The third kappa shape index (κ3) is 3.55. The summed E-state index contributed by atoms with van der Waals surface area (Å²) in [7, 11) is 1.59. The van der Waals surface area contributed by atoms with Crippen LogP contribution in [0.2, 0.25) is 0 Å². The second-order valence-corrected chi connectivity index (χ2v) is 5.25. The molecule has 3 aromatic rings. The van der Waals surface area contributed by atoms with Crippen molar-refractivity contribution in [3.8, 4) is 17.2 Å². The maximum atomic E-state index is 12.5. The van der Waals surface area contributed by atoms with Gasteiger partial charge in [-0.15, -0.1) is 0 Å². The van der Waals surface area contributed by atoms with Crippen LogP contribution in [0.15, 0.2) is 72.8 Å². The SMILES string of the molecule is COc1ccc(C(=O)c2ccc(Oc3ccc(N)cc3)cc2)cc1. The molecule has 0 fully saturated rings. The Hall–Kier alpha value is -3.27. The highest BCUT2D eigenvalue weighted by molar-refractivity contribution is 6.09. The zero-order valence-electron chi connectivity index (χ0n) is 13.2. The molecule has 24 heavy (non-hydrogen) atoms. The number of ether oxygens (including phenoxy) is 2. The quantitative estimate of drug-likeness (QED) is 0.562. The van der Waals surface area contributed by atoms with E-state index in [-0.39, 0.29) is 5.78 Å². The van der Waals surface area contributed by atoms with E-state index in [1.54, 1.807) is 79.9 Å². The first kappa shape index (κ1) is 15.6.